The molecule has 6 heteroatoms. The van der Waals surface area contributed by atoms with Gasteiger partial charge in [0.25, 0.3) is 5.91 Å². The largest absolute Gasteiger partial charge is 0.290 e. The number of amides is 2. The van der Waals surface area contributed by atoms with E-state index in [4.69, 9.17) is 0 Å². The first-order valence-corrected chi connectivity index (χ1v) is 7.42. The highest BCUT2D eigenvalue weighted by Crippen LogP contribution is 2.23. The van der Waals surface area contributed by atoms with Gasteiger partial charge in [-0.05, 0) is 12.5 Å². The van der Waals surface area contributed by atoms with Gasteiger partial charge in [0.15, 0.2) is 0 Å². The van der Waals surface area contributed by atoms with E-state index in [2.05, 4.69) is 25.9 Å². The van der Waals surface area contributed by atoms with Crippen LogP contribution in [0.2, 0.25) is 0 Å². The van der Waals surface area contributed by atoms with Crippen LogP contribution in [0.4, 0.5) is 0 Å². The maximum absolute atomic E-state index is 12.7. The summed E-state index contributed by atoms with van der Waals surface area (Å²) in [5.74, 6) is -0.168. The van der Waals surface area contributed by atoms with Crippen LogP contribution in [-0.4, -0.2) is 44.7 Å². The summed E-state index contributed by atoms with van der Waals surface area (Å²) < 4.78 is 1.61. The lowest BCUT2D eigenvalue weighted by molar-refractivity contribution is -0.140. The second kappa shape index (κ2) is 5.50. The molecule has 1 saturated heterocycles. The maximum atomic E-state index is 12.7. The molecule has 2 rings (SSSR count). The van der Waals surface area contributed by atoms with Gasteiger partial charge in [0.1, 0.15) is 5.69 Å². The second-order valence-corrected chi connectivity index (χ2v) is 6.44. The fourth-order valence-electron chi connectivity index (χ4n) is 2.43. The monoisotopic (exact) mass is 292 g/mol. The average molecular weight is 292 g/mol. The lowest BCUT2D eigenvalue weighted by Gasteiger charge is -2.27. The van der Waals surface area contributed by atoms with Gasteiger partial charge in [-0.1, -0.05) is 27.7 Å². The van der Waals surface area contributed by atoms with E-state index in [1.165, 1.54) is 0 Å². The van der Waals surface area contributed by atoms with Gasteiger partial charge < -0.3 is 0 Å². The van der Waals surface area contributed by atoms with Crippen molar-refractivity contribution < 1.29 is 9.59 Å². The van der Waals surface area contributed by atoms with Crippen LogP contribution in [0.1, 0.15) is 56.7 Å². The van der Waals surface area contributed by atoms with Crippen LogP contribution in [0.5, 0.6) is 0 Å². The quantitative estimate of drug-likeness (QED) is 0.834. The van der Waals surface area contributed by atoms with Crippen LogP contribution in [0, 0.1) is 0 Å². The van der Waals surface area contributed by atoms with Gasteiger partial charge in [-0.2, -0.15) is 5.10 Å². The van der Waals surface area contributed by atoms with Crippen molar-refractivity contribution in [1.82, 2.24) is 19.8 Å². The first-order chi connectivity index (χ1) is 9.75. The Labute approximate surface area is 125 Å². The third-order valence-electron chi connectivity index (χ3n) is 3.72. The van der Waals surface area contributed by atoms with Crippen LogP contribution in [0.3, 0.4) is 0 Å². The van der Waals surface area contributed by atoms with E-state index in [0.29, 0.717) is 25.2 Å². The number of rotatable bonds is 2. The summed E-state index contributed by atoms with van der Waals surface area (Å²) in [6.07, 6.45) is 1.23. The molecule has 1 aliphatic rings. The zero-order valence-electron chi connectivity index (χ0n) is 13.5. The number of aryl methyl sites for hydroxylation is 1. The van der Waals surface area contributed by atoms with Crippen molar-refractivity contribution in [1.29, 1.82) is 0 Å². The van der Waals surface area contributed by atoms with Crippen molar-refractivity contribution in [2.24, 2.45) is 7.05 Å². The molecular weight excluding hydrogens is 268 g/mol. The summed E-state index contributed by atoms with van der Waals surface area (Å²) in [6, 6.07) is 1.83. The summed E-state index contributed by atoms with van der Waals surface area (Å²) in [7, 11) is 1.77. The smallest absolute Gasteiger partial charge is 0.273 e. The third kappa shape index (κ3) is 2.94. The first-order valence-electron chi connectivity index (χ1n) is 7.42. The van der Waals surface area contributed by atoms with E-state index in [9.17, 15) is 9.59 Å². The Bertz CT molecular complexity index is 557. The van der Waals surface area contributed by atoms with Crippen LogP contribution in [0.15, 0.2) is 6.07 Å². The summed E-state index contributed by atoms with van der Waals surface area (Å²) in [5, 5.41) is 7.54. The van der Waals surface area contributed by atoms with Crippen molar-refractivity contribution in [3.8, 4) is 0 Å². The zero-order valence-corrected chi connectivity index (χ0v) is 13.5. The fourth-order valence-corrected chi connectivity index (χ4v) is 2.43. The third-order valence-corrected chi connectivity index (χ3v) is 3.72. The van der Waals surface area contributed by atoms with Crippen LogP contribution in [-0.2, 0) is 17.3 Å². The zero-order chi connectivity index (χ0) is 15.8. The normalized spacial score (nSPS) is 15.7. The minimum Gasteiger partial charge on any atom is -0.273 e. The summed E-state index contributed by atoms with van der Waals surface area (Å²) >= 11 is 0. The Morgan fingerprint density at radius 3 is 2.38 bits per heavy atom. The Morgan fingerprint density at radius 1 is 1.24 bits per heavy atom. The summed E-state index contributed by atoms with van der Waals surface area (Å²) in [5.41, 5.74) is 1.29. The predicted molar refractivity (Wildman–Crippen MR) is 79.6 cm³/mol. The molecule has 0 bridgehead atoms. The predicted octanol–water partition coefficient (Wildman–Crippen LogP) is 1.72. The maximum Gasteiger partial charge on any atom is 0.290 e. The molecule has 0 radical (unpaired) electrons. The molecule has 0 saturated carbocycles. The molecule has 0 spiro atoms. The van der Waals surface area contributed by atoms with Crippen molar-refractivity contribution in [3.63, 3.8) is 0 Å². The van der Waals surface area contributed by atoms with Gasteiger partial charge in [-0.25, -0.2) is 5.01 Å². The number of hydrogen-bond donors (Lipinski definition) is 0. The highest BCUT2D eigenvalue weighted by Gasteiger charge is 2.32. The number of nitrogens with zero attached hydrogens (tertiary/aromatic N) is 4. The van der Waals surface area contributed by atoms with E-state index < -0.39 is 0 Å². The van der Waals surface area contributed by atoms with Gasteiger partial charge >= 0.3 is 0 Å². The Kier molecular flexibility index (Phi) is 4.07. The average Bonchev–Trinajstić information content (AvgIpc) is 3.02. The van der Waals surface area contributed by atoms with Gasteiger partial charge in [0, 0.05) is 32.0 Å². The molecule has 1 aromatic heterocycles. The van der Waals surface area contributed by atoms with Crippen LogP contribution < -0.4 is 0 Å². The highest BCUT2D eigenvalue weighted by atomic mass is 16.2. The van der Waals surface area contributed by atoms with Crippen molar-refractivity contribution in [3.05, 3.63) is 17.5 Å². The van der Waals surface area contributed by atoms with E-state index >= 15 is 0 Å². The highest BCUT2D eigenvalue weighted by molar-refractivity contribution is 5.94. The van der Waals surface area contributed by atoms with Gasteiger partial charge in [-0.3, -0.25) is 19.3 Å². The molecule has 0 unspecified atom stereocenters. The van der Waals surface area contributed by atoms with E-state index in [1.807, 2.05) is 13.0 Å². The SMILES string of the molecule is CCC(=O)N1CCCN1C(=O)c1cc(C(C)(C)C)nn1C. The molecule has 116 valence electrons. The van der Waals surface area contributed by atoms with E-state index in [-0.39, 0.29) is 17.2 Å². The van der Waals surface area contributed by atoms with Crippen molar-refractivity contribution in [2.75, 3.05) is 13.1 Å². The molecule has 0 aromatic carbocycles. The first kappa shape index (κ1) is 15.5. The van der Waals surface area contributed by atoms with Crippen molar-refractivity contribution in [2.45, 2.75) is 46.0 Å². The molecule has 0 aliphatic carbocycles. The Hall–Kier alpha value is -1.85. The standard InChI is InChI=1S/C15H24N4O2/c1-6-13(20)18-8-7-9-19(18)14(21)11-10-12(15(2,3)4)16-17(11)5/h10H,6-9H2,1-5H3. The molecule has 2 amide bonds. The molecule has 0 atom stereocenters. The number of carbonyl (C=O) groups is 2. The summed E-state index contributed by atoms with van der Waals surface area (Å²) in [6.45, 7) is 9.19. The van der Waals surface area contributed by atoms with Crippen LogP contribution in [0.25, 0.3) is 0 Å². The molecular formula is C15H24N4O2. The summed E-state index contributed by atoms with van der Waals surface area (Å²) in [4.78, 5) is 24.6. The molecule has 2 heterocycles. The Balaban J connectivity index is 2.28. The molecule has 21 heavy (non-hydrogen) atoms. The molecule has 1 aromatic rings. The van der Waals surface area contributed by atoms with Crippen LogP contribution >= 0.6 is 0 Å². The number of carbonyl (C=O) groups excluding carboxylic acids is 2. The number of hydrogen-bond acceptors (Lipinski definition) is 3. The molecule has 1 aliphatic heterocycles. The minimum absolute atomic E-state index is 0.0148. The molecule has 6 nitrogen and oxygen atoms in total. The van der Waals surface area contributed by atoms with E-state index in [0.717, 1.165) is 12.1 Å². The minimum atomic E-state index is -0.153. The molecule has 1 fully saturated rings. The van der Waals surface area contributed by atoms with Crippen molar-refractivity contribution >= 4 is 11.8 Å². The van der Waals surface area contributed by atoms with Gasteiger partial charge in [-0.15, -0.1) is 0 Å². The molecule has 0 N–H and O–H groups in total. The second-order valence-electron chi connectivity index (χ2n) is 6.44. The lowest BCUT2D eigenvalue weighted by Crippen LogP contribution is -2.45. The lowest BCUT2D eigenvalue weighted by atomic mass is 9.92. The van der Waals surface area contributed by atoms with Gasteiger partial charge in [0.2, 0.25) is 5.91 Å². The number of aromatic nitrogens is 2. The fraction of sp³-hybridized carbons (Fsp3) is 0.667. The van der Waals surface area contributed by atoms with Gasteiger partial charge in [0.05, 0.1) is 5.69 Å². The number of hydrazine groups is 1. The van der Waals surface area contributed by atoms with E-state index in [1.54, 1.807) is 21.7 Å². The Morgan fingerprint density at radius 2 is 1.86 bits per heavy atom. The topological polar surface area (TPSA) is 58.4 Å².